The normalized spacial score (nSPS) is 12.5. The number of rotatable bonds is 6. The maximum absolute atomic E-state index is 8.94. The zero-order valence-electron chi connectivity index (χ0n) is 11.2. The Morgan fingerprint density at radius 1 is 1.35 bits per heavy atom. The summed E-state index contributed by atoms with van der Waals surface area (Å²) in [6.07, 6.45) is 1.70. The van der Waals surface area contributed by atoms with Crippen LogP contribution in [0.5, 0.6) is 5.75 Å². The molecule has 0 aromatic heterocycles. The number of nitrogens with one attached hydrogen (secondary N) is 1. The van der Waals surface area contributed by atoms with E-state index >= 15 is 0 Å². The lowest BCUT2D eigenvalue weighted by atomic mass is 9.95. The molecule has 2 N–H and O–H groups in total. The molecule has 0 bridgehead atoms. The quantitative estimate of drug-likeness (QED) is 0.798. The van der Waals surface area contributed by atoms with Gasteiger partial charge in [-0.15, -0.1) is 0 Å². The van der Waals surface area contributed by atoms with Crippen molar-refractivity contribution in [1.82, 2.24) is 5.32 Å². The molecule has 1 aromatic rings. The fourth-order valence-electron chi connectivity index (χ4n) is 2.28. The number of methoxy groups -OCH3 is 1. The van der Waals surface area contributed by atoms with E-state index in [1.54, 1.807) is 7.11 Å². The minimum Gasteiger partial charge on any atom is -0.496 e. The maximum Gasteiger partial charge on any atom is 0.124 e. The molecule has 17 heavy (non-hydrogen) atoms. The molecule has 3 heteroatoms. The topological polar surface area (TPSA) is 41.5 Å². The average molecular weight is 237 g/mol. The number of aliphatic hydroxyl groups is 1. The zero-order valence-corrected chi connectivity index (χ0v) is 11.2. The van der Waals surface area contributed by atoms with Gasteiger partial charge in [0.25, 0.3) is 0 Å². The average Bonchev–Trinajstić information content (AvgIpc) is 2.31. The Hall–Kier alpha value is -1.06. The first kappa shape index (κ1) is 14.0. The summed E-state index contributed by atoms with van der Waals surface area (Å²) in [5.74, 6) is 0.930. The van der Waals surface area contributed by atoms with E-state index in [1.807, 2.05) is 7.05 Å². The Morgan fingerprint density at radius 2 is 2.06 bits per heavy atom. The van der Waals surface area contributed by atoms with Crippen molar-refractivity contribution < 1.29 is 9.84 Å². The second kappa shape index (κ2) is 6.62. The van der Waals surface area contributed by atoms with Gasteiger partial charge >= 0.3 is 0 Å². The second-order valence-corrected chi connectivity index (χ2v) is 4.40. The summed E-state index contributed by atoms with van der Waals surface area (Å²) in [5.41, 5.74) is 3.65. The molecule has 0 heterocycles. The van der Waals surface area contributed by atoms with E-state index in [0.29, 0.717) is 0 Å². The van der Waals surface area contributed by atoms with Gasteiger partial charge in [-0.1, -0.05) is 6.07 Å². The van der Waals surface area contributed by atoms with E-state index < -0.39 is 0 Å². The van der Waals surface area contributed by atoms with Crippen LogP contribution in [0.25, 0.3) is 0 Å². The van der Waals surface area contributed by atoms with Crippen molar-refractivity contribution >= 4 is 0 Å². The van der Waals surface area contributed by atoms with Gasteiger partial charge in [0.2, 0.25) is 0 Å². The molecule has 0 saturated carbocycles. The SMILES string of the molecule is CNC(CCCO)c1c(C)cc(C)cc1OC. The monoisotopic (exact) mass is 237 g/mol. The van der Waals surface area contributed by atoms with Crippen molar-refractivity contribution in [2.75, 3.05) is 20.8 Å². The molecule has 1 atom stereocenters. The fraction of sp³-hybridized carbons (Fsp3) is 0.571. The Kier molecular flexibility index (Phi) is 5.45. The molecule has 0 spiro atoms. The molecule has 1 unspecified atom stereocenters. The van der Waals surface area contributed by atoms with Gasteiger partial charge in [0.15, 0.2) is 0 Å². The highest BCUT2D eigenvalue weighted by atomic mass is 16.5. The second-order valence-electron chi connectivity index (χ2n) is 4.40. The number of aliphatic hydroxyl groups excluding tert-OH is 1. The first-order valence-corrected chi connectivity index (χ1v) is 6.07. The van der Waals surface area contributed by atoms with Crippen LogP contribution in [-0.2, 0) is 0 Å². The predicted octanol–water partition coefficient (Wildman–Crippen LogP) is 2.35. The lowest BCUT2D eigenvalue weighted by Crippen LogP contribution is -2.19. The summed E-state index contributed by atoms with van der Waals surface area (Å²) >= 11 is 0. The van der Waals surface area contributed by atoms with Crippen molar-refractivity contribution in [3.63, 3.8) is 0 Å². The van der Waals surface area contributed by atoms with E-state index in [0.717, 1.165) is 18.6 Å². The Balaban J connectivity index is 3.08. The number of benzene rings is 1. The van der Waals surface area contributed by atoms with Gasteiger partial charge in [0, 0.05) is 18.2 Å². The minimum absolute atomic E-state index is 0.228. The third-order valence-corrected chi connectivity index (χ3v) is 3.06. The van der Waals surface area contributed by atoms with Crippen molar-refractivity contribution in [1.29, 1.82) is 0 Å². The van der Waals surface area contributed by atoms with Crippen LogP contribution in [-0.4, -0.2) is 25.9 Å². The summed E-state index contributed by atoms with van der Waals surface area (Å²) in [6.45, 7) is 4.40. The first-order chi connectivity index (χ1) is 8.13. The zero-order chi connectivity index (χ0) is 12.8. The van der Waals surface area contributed by atoms with Crippen LogP contribution in [0.4, 0.5) is 0 Å². The maximum atomic E-state index is 8.94. The van der Waals surface area contributed by atoms with Gasteiger partial charge in [-0.2, -0.15) is 0 Å². The summed E-state index contributed by atoms with van der Waals surface area (Å²) < 4.78 is 5.47. The van der Waals surface area contributed by atoms with Crippen LogP contribution >= 0.6 is 0 Å². The number of ether oxygens (including phenoxy) is 1. The van der Waals surface area contributed by atoms with E-state index in [4.69, 9.17) is 9.84 Å². The van der Waals surface area contributed by atoms with Gasteiger partial charge in [0.1, 0.15) is 5.75 Å². The molecule has 1 aromatic carbocycles. The third kappa shape index (κ3) is 3.45. The number of hydrogen-bond donors (Lipinski definition) is 2. The Labute approximate surface area is 104 Å². The summed E-state index contributed by atoms with van der Waals surface area (Å²) in [5, 5.41) is 12.2. The van der Waals surface area contributed by atoms with E-state index in [9.17, 15) is 0 Å². The molecule has 0 amide bonds. The molecule has 3 nitrogen and oxygen atoms in total. The lowest BCUT2D eigenvalue weighted by molar-refractivity contribution is 0.275. The number of hydrogen-bond acceptors (Lipinski definition) is 3. The van der Waals surface area contributed by atoms with Gasteiger partial charge < -0.3 is 15.2 Å². The molecule has 0 aliphatic heterocycles. The summed E-state index contributed by atoms with van der Waals surface area (Å²) in [4.78, 5) is 0. The van der Waals surface area contributed by atoms with Gasteiger partial charge in [-0.25, -0.2) is 0 Å². The highest BCUT2D eigenvalue weighted by Gasteiger charge is 2.17. The first-order valence-electron chi connectivity index (χ1n) is 6.07. The highest BCUT2D eigenvalue weighted by Crippen LogP contribution is 2.32. The van der Waals surface area contributed by atoms with Crippen molar-refractivity contribution in [3.8, 4) is 5.75 Å². The van der Waals surface area contributed by atoms with Crippen molar-refractivity contribution in [2.24, 2.45) is 0 Å². The van der Waals surface area contributed by atoms with Gasteiger partial charge in [0.05, 0.1) is 7.11 Å². The van der Waals surface area contributed by atoms with Crippen molar-refractivity contribution in [2.45, 2.75) is 32.7 Å². The van der Waals surface area contributed by atoms with Gasteiger partial charge in [-0.3, -0.25) is 0 Å². The van der Waals surface area contributed by atoms with Gasteiger partial charge in [-0.05, 0) is 50.9 Å². The van der Waals surface area contributed by atoms with E-state index in [2.05, 4.69) is 31.3 Å². The molecule has 1 rings (SSSR count). The molecule has 0 aliphatic carbocycles. The van der Waals surface area contributed by atoms with Crippen LogP contribution in [0.2, 0.25) is 0 Å². The fourth-order valence-corrected chi connectivity index (χ4v) is 2.28. The molecular weight excluding hydrogens is 214 g/mol. The predicted molar refractivity (Wildman–Crippen MR) is 70.6 cm³/mol. The standard InChI is InChI=1S/C14H23NO2/c1-10-8-11(2)14(13(9-10)17-4)12(15-3)6-5-7-16/h8-9,12,15-16H,5-7H2,1-4H3. The smallest absolute Gasteiger partial charge is 0.124 e. The molecule has 0 saturated heterocycles. The Morgan fingerprint density at radius 3 is 2.59 bits per heavy atom. The van der Waals surface area contributed by atoms with Crippen molar-refractivity contribution in [3.05, 3.63) is 28.8 Å². The van der Waals surface area contributed by atoms with E-state index in [-0.39, 0.29) is 12.6 Å². The third-order valence-electron chi connectivity index (χ3n) is 3.06. The summed E-state index contributed by atoms with van der Waals surface area (Å²) in [7, 11) is 3.65. The molecule has 96 valence electrons. The van der Waals surface area contributed by atoms with Crippen LogP contribution < -0.4 is 10.1 Å². The summed E-state index contributed by atoms with van der Waals surface area (Å²) in [6, 6.07) is 4.46. The van der Waals surface area contributed by atoms with Crippen LogP contribution in [0.3, 0.4) is 0 Å². The van der Waals surface area contributed by atoms with Crippen LogP contribution in [0.15, 0.2) is 12.1 Å². The molecule has 0 radical (unpaired) electrons. The minimum atomic E-state index is 0.228. The largest absolute Gasteiger partial charge is 0.496 e. The molecule has 0 aliphatic rings. The lowest BCUT2D eigenvalue weighted by Gasteiger charge is -2.22. The van der Waals surface area contributed by atoms with Crippen LogP contribution in [0.1, 0.15) is 35.6 Å². The molecular formula is C14H23NO2. The Bertz CT molecular complexity index is 363. The van der Waals surface area contributed by atoms with Crippen LogP contribution in [0, 0.1) is 13.8 Å². The highest BCUT2D eigenvalue weighted by molar-refractivity contribution is 5.45. The number of aryl methyl sites for hydroxylation is 2. The molecule has 0 fully saturated rings. The van der Waals surface area contributed by atoms with E-state index in [1.165, 1.54) is 16.7 Å².